The minimum Gasteiger partial charge on any atom is -0.488 e. The molecule has 0 unspecified atom stereocenters. The van der Waals surface area contributed by atoms with Crippen molar-refractivity contribution in [1.29, 1.82) is 0 Å². The Kier molecular flexibility index (Phi) is 10.9. The molecule has 8 heteroatoms. The molecule has 5 aromatic rings. The number of nitrogens with zero attached hydrogens (tertiary/aromatic N) is 2. The second kappa shape index (κ2) is 15.4. The van der Waals surface area contributed by atoms with E-state index in [9.17, 15) is 4.79 Å². The molecule has 1 N–H and O–H groups in total. The van der Waals surface area contributed by atoms with E-state index >= 15 is 0 Å². The first-order chi connectivity index (χ1) is 22.0. The summed E-state index contributed by atoms with van der Waals surface area (Å²) in [6, 6.07) is 31.4. The van der Waals surface area contributed by atoms with Crippen molar-refractivity contribution in [2.24, 2.45) is 0 Å². The zero-order valence-electron chi connectivity index (χ0n) is 25.9. The van der Waals surface area contributed by atoms with Gasteiger partial charge in [0.2, 0.25) is 0 Å². The van der Waals surface area contributed by atoms with Gasteiger partial charge in [-0.15, -0.1) is 0 Å². The number of aromatic nitrogens is 1. The molecule has 7 nitrogen and oxygen atoms in total. The molecule has 0 fully saturated rings. The summed E-state index contributed by atoms with van der Waals surface area (Å²) in [5.41, 5.74) is 5.30. The predicted molar refractivity (Wildman–Crippen MR) is 179 cm³/mol. The van der Waals surface area contributed by atoms with Crippen LogP contribution in [0.5, 0.6) is 11.5 Å². The average molecular weight is 624 g/mol. The van der Waals surface area contributed by atoms with Crippen LogP contribution in [0.3, 0.4) is 0 Å². The molecule has 0 bridgehead atoms. The first-order valence-electron chi connectivity index (χ1n) is 15.3. The maximum absolute atomic E-state index is 13.2. The summed E-state index contributed by atoms with van der Waals surface area (Å²) >= 11 is 6.82. The van der Waals surface area contributed by atoms with E-state index in [0.717, 1.165) is 36.3 Å². The molecule has 4 aromatic carbocycles. The highest BCUT2D eigenvalue weighted by Crippen LogP contribution is 2.44. The first kappa shape index (κ1) is 31.8. The number of carbonyl (C=O) groups is 1. The molecule has 5 rings (SSSR count). The summed E-state index contributed by atoms with van der Waals surface area (Å²) in [5, 5.41) is 7.48. The summed E-state index contributed by atoms with van der Waals surface area (Å²) in [6.07, 6.45) is 0. The second-order valence-corrected chi connectivity index (χ2v) is 11.0. The number of rotatable bonds is 14. The zero-order chi connectivity index (χ0) is 31.6. The largest absolute Gasteiger partial charge is 0.488 e. The fourth-order valence-electron chi connectivity index (χ4n) is 5.04. The molecular formula is C37H38ClN3O4. The Labute approximate surface area is 269 Å². The number of amides is 1. The maximum Gasteiger partial charge on any atom is 0.274 e. The van der Waals surface area contributed by atoms with Gasteiger partial charge in [-0.1, -0.05) is 116 Å². The lowest BCUT2D eigenvalue weighted by molar-refractivity contribution is 0.0947. The van der Waals surface area contributed by atoms with Gasteiger partial charge in [0, 0.05) is 19.2 Å². The van der Waals surface area contributed by atoms with Crippen LogP contribution in [0.25, 0.3) is 22.5 Å². The number of hydrogen-bond donors (Lipinski definition) is 1. The highest BCUT2D eigenvalue weighted by Gasteiger charge is 2.27. The summed E-state index contributed by atoms with van der Waals surface area (Å²) in [7, 11) is 0. The van der Waals surface area contributed by atoms with Crippen molar-refractivity contribution in [1.82, 2.24) is 15.4 Å². The van der Waals surface area contributed by atoms with Crippen LogP contribution < -0.4 is 14.8 Å². The molecule has 0 aliphatic carbocycles. The summed E-state index contributed by atoms with van der Waals surface area (Å²) in [5.74, 6) is 1.02. The zero-order valence-corrected chi connectivity index (χ0v) is 26.6. The highest BCUT2D eigenvalue weighted by atomic mass is 35.5. The Hall–Kier alpha value is -4.59. The standard InChI is InChI=1S/C37H38ClN3O4/c1-4-39-37(42)35-34(29-19-17-26(18-20-29)23-41(5-2)6-3)36(45-40-35)30-21-31(38)33(44-25-28-15-11-8-12-16-28)22-32(30)43-24-27-13-9-7-10-14-27/h7-22H,4-6,23-25H2,1-3H3,(H,39,42). The van der Waals surface area contributed by atoms with Crippen molar-refractivity contribution in [3.05, 3.63) is 124 Å². The van der Waals surface area contributed by atoms with Crippen LogP contribution >= 0.6 is 11.6 Å². The van der Waals surface area contributed by atoms with Crippen LogP contribution in [0.15, 0.2) is 102 Å². The fourth-order valence-corrected chi connectivity index (χ4v) is 5.25. The molecule has 1 heterocycles. The van der Waals surface area contributed by atoms with E-state index in [1.165, 1.54) is 5.56 Å². The van der Waals surface area contributed by atoms with Crippen molar-refractivity contribution in [2.45, 2.75) is 40.5 Å². The Bertz CT molecular complexity index is 1680. The van der Waals surface area contributed by atoms with Gasteiger partial charge in [0.1, 0.15) is 24.7 Å². The van der Waals surface area contributed by atoms with Crippen molar-refractivity contribution in [3.8, 4) is 33.9 Å². The van der Waals surface area contributed by atoms with Crippen LogP contribution in [0.4, 0.5) is 0 Å². The van der Waals surface area contributed by atoms with Crippen molar-refractivity contribution >= 4 is 17.5 Å². The lowest BCUT2D eigenvalue weighted by Gasteiger charge is -2.18. The molecule has 1 amide bonds. The SMILES string of the molecule is CCNC(=O)c1noc(-c2cc(Cl)c(OCc3ccccc3)cc2OCc2ccccc2)c1-c1ccc(CN(CC)CC)cc1. The minimum atomic E-state index is -0.324. The molecule has 232 valence electrons. The van der Waals surface area contributed by atoms with Crippen LogP contribution in [0.1, 0.15) is 48.0 Å². The van der Waals surface area contributed by atoms with E-state index in [1.807, 2.05) is 79.7 Å². The van der Waals surface area contributed by atoms with Crippen LogP contribution in [0.2, 0.25) is 5.02 Å². The smallest absolute Gasteiger partial charge is 0.274 e. The van der Waals surface area contributed by atoms with Crippen LogP contribution in [-0.2, 0) is 19.8 Å². The van der Waals surface area contributed by atoms with Gasteiger partial charge in [-0.2, -0.15) is 0 Å². The van der Waals surface area contributed by atoms with Crippen LogP contribution in [-0.4, -0.2) is 35.6 Å². The van der Waals surface area contributed by atoms with E-state index < -0.39 is 0 Å². The molecule has 1 aromatic heterocycles. The summed E-state index contributed by atoms with van der Waals surface area (Å²) < 4.78 is 18.5. The third kappa shape index (κ3) is 7.93. The monoisotopic (exact) mass is 623 g/mol. The molecular weight excluding hydrogens is 586 g/mol. The normalized spacial score (nSPS) is 11.0. The maximum atomic E-state index is 13.2. The molecule has 0 aliphatic rings. The van der Waals surface area contributed by atoms with Gasteiger partial charge in [-0.05, 0) is 48.3 Å². The van der Waals surface area contributed by atoms with Gasteiger partial charge < -0.3 is 19.3 Å². The van der Waals surface area contributed by atoms with E-state index in [-0.39, 0.29) is 11.6 Å². The number of nitrogens with one attached hydrogen (secondary N) is 1. The predicted octanol–water partition coefficient (Wildman–Crippen LogP) is 8.41. The minimum absolute atomic E-state index is 0.192. The fraction of sp³-hybridized carbons (Fsp3) is 0.243. The second-order valence-electron chi connectivity index (χ2n) is 10.6. The molecule has 0 atom stereocenters. The quantitative estimate of drug-likeness (QED) is 0.134. The molecule has 0 saturated heterocycles. The van der Waals surface area contributed by atoms with E-state index in [0.29, 0.717) is 53.2 Å². The number of ether oxygens (including phenoxy) is 2. The Morgan fingerprint density at radius 1 is 0.800 bits per heavy atom. The molecule has 45 heavy (non-hydrogen) atoms. The van der Waals surface area contributed by atoms with Gasteiger partial charge in [0.05, 0.1) is 16.1 Å². The Balaban J connectivity index is 1.57. The lowest BCUT2D eigenvalue weighted by Crippen LogP contribution is -2.23. The van der Waals surface area contributed by atoms with Gasteiger partial charge in [-0.25, -0.2) is 0 Å². The van der Waals surface area contributed by atoms with Crippen molar-refractivity contribution < 1.29 is 18.8 Å². The van der Waals surface area contributed by atoms with Crippen molar-refractivity contribution in [3.63, 3.8) is 0 Å². The van der Waals surface area contributed by atoms with Crippen LogP contribution in [0, 0.1) is 0 Å². The Morgan fingerprint density at radius 3 is 1.98 bits per heavy atom. The van der Waals surface area contributed by atoms with E-state index in [2.05, 4.69) is 41.4 Å². The third-order valence-corrected chi connectivity index (χ3v) is 7.84. The highest BCUT2D eigenvalue weighted by molar-refractivity contribution is 6.32. The first-order valence-corrected chi connectivity index (χ1v) is 15.6. The number of carbonyl (C=O) groups excluding carboxylic acids is 1. The van der Waals surface area contributed by atoms with Gasteiger partial charge in [-0.3, -0.25) is 9.69 Å². The molecule has 0 saturated carbocycles. The molecule has 0 aliphatic heterocycles. The van der Waals surface area contributed by atoms with Crippen molar-refractivity contribution in [2.75, 3.05) is 19.6 Å². The lowest BCUT2D eigenvalue weighted by atomic mass is 9.97. The van der Waals surface area contributed by atoms with E-state index in [1.54, 1.807) is 12.1 Å². The third-order valence-electron chi connectivity index (χ3n) is 7.54. The molecule has 0 radical (unpaired) electrons. The van der Waals surface area contributed by atoms with Gasteiger partial charge in [0.15, 0.2) is 11.5 Å². The number of benzene rings is 4. The van der Waals surface area contributed by atoms with E-state index in [4.69, 9.17) is 25.6 Å². The number of halogens is 1. The molecule has 0 spiro atoms. The summed E-state index contributed by atoms with van der Waals surface area (Å²) in [6.45, 7) is 10.0. The van der Waals surface area contributed by atoms with Gasteiger partial charge in [0.25, 0.3) is 5.91 Å². The average Bonchev–Trinajstić information content (AvgIpc) is 3.52. The number of hydrogen-bond acceptors (Lipinski definition) is 6. The topological polar surface area (TPSA) is 76.8 Å². The summed E-state index contributed by atoms with van der Waals surface area (Å²) in [4.78, 5) is 15.5. The Morgan fingerprint density at radius 2 is 1.40 bits per heavy atom. The van der Waals surface area contributed by atoms with Gasteiger partial charge >= 0.3 is 0 Å².